The van der Waals surface area contributed by atoms with Crippen molar-refractivity contribution < 1.29 is 9.53 Å². The Labute approximate surface area is 108 Å². The van der Waals surface area contributed by atoms with E-state index in [1.165, 1.54) is 0 Å². The molecule has 0 saturated carbocycles. The van der Waals surface area contributed by atoms with Gasteiger partial charge in [-0.25, -0.2) is 9.78 Å². The predicted molar refractivity (Wildman–Crippen MR) is 71.2 cm³/mol. The molecule has 1 heterocycles. The van der Waals surface area contributed by atoms with Gasteiger partial charge in [-0.3, -0.25) is 0 Å². The van der Waals surface area contributed by atoms with Crippen molar-refractivity contribution in [1.82, 2.24) is 10.3 Å². The van der Waals surface area contributed by atoms with E-state index >= 15 is 0 Å². The smallest absolute Gasteiger partial charge is 0.407 e. The van der Waals surface area contributed by atoms with Gasteiger partial charge in [0.1, 0.15) is 11.4 Å². The molecular formula is C13H21N3O2. The number of nitrogens with one attached hydrogen (secondary N) is 1. The Hall–Kier alpha value is -1.78. The van der Waals surface area contributed by atoms with Gasteiger partial charge in [-0.2, -0.15) is 0 Å². The summed E-state index contributed by atoms with van der Waals surface area (Å²) in [6.45, 7) is 9.68. The lowest BCUT2D eigenvalue weighted by molar-refractivity contribution is 0.0523. The van der Waals surface area contributed by atoms with Gasteiger partial charge in [-0.1, -0.05) is 0 Å². The summed E-state index contributed by atoms with van der Waals surface area (Å²) < 4.78 is 5.17. The first-order valence-corrected chi connectivity index (χ1v) is 5.88. The third-order valence-corrected chi connectivity index (χ3v) is 2.38. The highest BCUT2D eigenvalue weighted by atomic mass is 16.6. The van der Waals surface area contributed by atoms with E-state index in [0.29, 0.717) is 12.4 Å². The minimum Gasteiger partial charge on any atom is -0.444 e. The molecule has 0 bridgehead atoms. The summed E-state index contributed by atoms with van der Waals surface area (Å²) in [5.41, 5.74) is 7.95. The number of rotatable bonds is 2. The third-order valence-electron chi connectivity index (χ3n) is 2.38. The number of hydrogen-bond donors (Lipinski definition) is 2. The maximum atomic E-state index is 11.5. The number of nitrogens with zero attached hydrogens (tertiary/aromatic N) is 1. The van der Waals surface area contributed by atoms with Crippen LogP contribution in [0.2, 0.25) is 0 Å². The van der Waals surface area contributed by atoms with Crippen molar-refractivity contribution in [2.75, 3.05) is 5.73 Å². The van der Waals surface area contributed by atoms with Crippen LogP contribution in [0.3, 0.4) is 0 Å². The van der Waals surface area contributed by atoms with Gasteiger partial charge in [0.05, 0.1) is 0 Å². The van der Waals surface area contributed by atoms with Crippen molar-refractivity contribution in [1.29, 1.82) is 0 Å². The summed E-state index contributed by atoms with van der Waals surface area (Å²) in [4.78, 5) is 15.7. The van der Waals surface area contributed by atoms with Crippen molar-refractivity contribution in [3.63, 3.8) is 0 Å². The fraction of sp³-hybridized carbons (Fsp3) is 0.538. The van der Waals surface area contributed by atoms with Crippen LogP contribution in [0.25, 0.3) is 0 Å². The maximum Gasteiger partial charge on any atom is 0.407 e. The number of anilines is 1. The number of carbonyl (C=O) groups is 1. The lowest BCUT2D eigenvalue weighted by Gasteiger charge is -2.20. The van der Waals surface area contributed by atoms with Gasteiger partial charge in [-0.05, 0) is 51.8 Å². The highest BCUT2D eigenvalue weighted by Gasteiger charge is 2.16. The second kappa shape index (κ2) is 5.25. The number of alkyl carbamates (subject to hydrolysis) is 1. The average Bonchev–Trinajstić information content (AvgIpc) is 2.12. The molecule has 0 aliphatic rings. The second-order valence-electron chi connectivity index (χ2n) is 5.28. The van der Waals surface area contributed by atoms with E-state index in [9.17, 15) is 4.79 Å². The van der Waals surface area contributed by atoms with Gasteiger partial charge in [0, 0.05) is 12.2 Å². The third kappa shape index (κ3) is 4.24. The first-order valence-electron chi connectivity index (χ1n) is 5.88. The van der Waals surface area contributed by atoms with Crippen molar-refractivity contribution in [2.45, 2.75) is 46.8 Å². The molecule has 0 atom stereocenters. The quantitative estimate of drug-likeness (QED) is 0.845. The molecule has 1 amide bonds. The minimum atomic E-state index is -0.493. The van der Waals surface area contributed by atoms with Gasteiger partial charge in [0.15, 0.2) is 0 Å². The Balaban J connectivity index is 2.67. The van der Waals surface area contributed by atoms with Gasteiger partial charge in [-0.15, -0.1) is 0 Å². The fourth-order valence-corrected chi connectivity index (χ4v) is 1.63. The van der Waals surface area contributed by atoms with Gasteiger partial charge >= 0.3 is 6.09 Å². The van der Waals surface area contributed by atoms with Gasteiger partial charge in [0.2, 0.25) is 0 Å². The van der Waals surface area contributed by atoms with E-state index in [1.54, 1.807) is 6.07 Å². The highest BCUT2D eigenvalue weighted by molar-refractivity contribution is 5.67. The van der Waals surface area contributed by atoms with Gasteiger partial charge < -0.3 is 15.8 Å². The number of pyridine rings is 1. The summed E-state index contributed by atoms with van der Waals surface area (Å²) in [6, 6.07) is 1.79. The lowest BCUT2D eigenvalue weighted by atomic mass is 10.1. The Morgan fingerprint density at radius 2 is 2.06 bits per heavy atom. The summed E-state index contributed by atoms with van der Waals surface area (Å²) in [5, 5.41) is 2.71. The summed E-state index contributed by atoms with van der Waals surface area (Å²) in [6.07, 6.45) is -0.432. The Morgan fingerprint density at radius 3 is 2.56 bits per heavy atom. The van der Waals surface area contributed by atoms with E-state index in [2.05, 4.69) is 10.3 Å². The summed E-state index contributed by atoms with van der Waals surface area (Å²) in [5.74, 6) is 0.492. The van der Waals surface area contributed by atoms with Crippen LogP contribution in [-0.2, 0) is 11.3 Å². The average molecular weight is 251 g/mol. The Morgan fingerprint density at radius 1 is 1.44 bits per heavy atom. The minimum absolute atomic E-state index is 0.389. The van der Waals surface area contributed by atoms with Crippen molar-refractivity contribution in [2.24, 2.45) is 0 Å². The largest absolute Gasteiger partial charge is 0.444 e. The van der Waals surface area contributed by atoms with Crippen LogP contribution in [0.5, 0.6) is 0 Å². The summed E-state index contributed by atoms with van der Waals surface area (Å²) >= 11 is 0. The molecule has 5 heteroatoms. The van der Waals surface area contributed by atoms with Crippen molar-refractivity contribution in [3.8, 4) is 0 Å². The molecule has 0 unspecified atom stereocenters. The zero-order chi connectivity index (χ0) is 13.9. The molecule has 0 aromatic carbocycles. The fourth-order valence-electron chi connectivity index (χ4n) is 1.63. The van der Waals surface area contributed by atoms with E-state index in [0.717, 1.165) is 16.8 Å². The normalized spacial score (nSPS) is 11.2. The first kappa shape index (κ1) is 14.3. The van der Waals surface area contributed by atoms with Crippen LogP contribution in [-0.4, -0.2) is 16.7 Å². The molecule has 0 aliphatic heterocycles. The molecule has 1 rings (SSSR count). The maximum absolute atomic E-state index is 11.5. The molecule has 0 fully saturated rings. The SMILES string of the molecule is Cc1cc(N)nc(C)c1CNC(=O)OC(C)(C)C. The predicted octanol–water partition coefficient (Wildman–Crippen LogP) is 2.31. The zero-order valence-corrected chi connectivity index (χ0v) is 11.6. The topological polar surface area (TPSA) is 77.2 Å². The number of nitrogen functional groups attached to an aromatic ring is 1. The van der Waals surface area contributed by atoms with Crippen LogP contribution in [0.1, 0.15) is 37.6 Å². The van der Waals surface area contributed by atoms with E-state index in [-0.39, 0.29) is 0 Å². The molecule has 0 aliphatic carbocycles. The Kier molecular flexibility index (Phi) is 4.16. The van der Waals surface area contributed by atoms with E-state index in [1.807, 2.05) is 34.6 Å². The molecular weight excluding hydrogens is 230 g/mol. The van der Waals surface area contributed by atoms with Crippen LogP contribution >= 0.6 is 0 Å². The number of aryl methyl sites for hydroxylation is 2. The molecule has 0 saturated heterocycles. The Bertz CT molecular complexity index is 427. The number of aromatic nitrogens is 1. The van der Waals surface area contributed by atoms with Gasteiger partial charge in [0.25, 0.3) is 0 Å². The van der Waals surface area contributed by atoms with E-state index in [4.69, 9.17) is 10.5 Å². The number of hydrogen-bond acceptors (Lipinski definition) is 4. The molecule has 5 nitrogen and oxygen atoms in total. The molecule has 0 spiro atoms. The lowest BCUT2D eigenvalue weighted by Crippen LogP contribution is -2.32. The first-order chi connectivity index (χ1) is 8.19. The monoisotopic (exact) mass is 251 g/mol. The summed E-state index contributed by atoms with van der Waals surface area (Å²) in [7, 11) is 0. The standard InChI is InChI=1S/C13H21N3O2/c1-8-6-11(14)16-9(2)10(8)7-15-12(17)18-13(3,4)5/h6H,7H2,1-5H3,(H2,14,16)(H,15,17). The number of carbonyl (C=O) groups excluding carboxylic acids is 1. The van der Waals surface area contributed by atoms with E-state index < -0.39 is 11.7 Å². The molecule has 3 N–H and O–H groups in total. The molecule has 1 aromatic rings. The number of amides is 1. The molecule has 0 radical (unpaired) electrons. The van der Waals surface area contributed by atoms with Crippen molar-refractivity contribution in [3.05, 3.63) is 22.9 Å². The van der Waals surface area contributed by atoms with Crippen LogP contribution in [0, 0.1) is 13.8 Å². The van der Waals surface area contributed by atoms with Crippen LogP contribution < -0.4 is 11.1 Å². The molecule has 1 aromatic heterocycles. The molecule has 18 heavy (non-hydrogen) atoms. The zero-order valence-electron chi connectivity index (χ0n) is 11.6. The number of ether oxygens (including phenoxy) is 1. The number of nitrogens with two attached hydrogens (primary N) is 1. The molecule has 100 valence electrons. The van der Waals surface area contributed by atoms with Crippen LogP contribution in [0.15, 0.2) is 6.07 Å². The van der Waals surface area contributed by atoms with Crippen molar-refractivity contribution >= 4 is 11.9 Å². The second-order valence-corrected chi connectivity index (χ2v) is 5.28. The highest BCUT2D eigenvalue weighted by Crippen LogP contribution is 2.14. The van der Waals surface area contributed by atoms with Crippen LogP contribution in [0.4, 0.5) is 10.6 Å².